The van der Waals surface area contributed by atoms with E-state index in [0.29, 0.717) is 6.42 Å². The third-order valence-electron chi connectivity index (χ3n) is 2.25. The Morgan fingerprint density at radius 2 is 2.00 bits per heavy atom. The molecule has 0 saturated carbocycles. The second kappa shape index (κ2) is 7.41. The van der Waals surface area contributed by atoms with Gasteiger partial charge >= 0.3 is 0 Å². The molecule has 0 aliphatic carbocycles. The van der Waals surface area contributed by atoms with Gasteiger partial charge in [0.05, 0.1) is 6.61 Å². The van der Waals surface area contributed by atoms with E-state index in [2.05, 4.69) is 6.92 Å². The molecule has 1 unspecified atom stereocenters. The first-order valence-corrected chi connectivity index (χ1v) is 6.74. The molecule has 0 fully saturated rings. The Kier molecular flexibility index (Phi) is 6.11. The molecule has 90 valence electrons. The topological polar surface area (TPSA) is 49.4 Å². The van der Waals surface area contributed by atoms with Gasteiger partial charge in [-0.25, -0.2) is 0 Å². The molecule has 1 aromatic rings. The van der Waals surface area contributed by atoms with Gasteiger partial charge in [0.2, 0.25) is 0 Å². The third-order valence-corrected chi connectivity index (χ3v) is 2.78. The van der Waals surface area contributed by atoms with Gasteiger partial charge in [-0.05, 0) is 30.5 Å². The minimum absolute atomic E-state index is 0.177. The van der Waals surface area contributed by atoms with Crippen LogP contribution in [0.2, 0.25) is 0 Å². The van der Waals surface area contributed by atoms with E-state index in [1.807, 2.05) is 24.3 Å². The van der Waals surface area contributed by atoms with E-state index in [4.69, 9.17) is 4.74 Å². The summed E-state index contributed by atoms with van der Waals surface area (Å²) < 4.78 is 26.3. The summed E-state index contributed by atoms with van der Waals surface area (Å²) in [7, 11) is 0. The Hall–Kier alpha value is -0.870. The zero-order valence-electron chi connectivity index (χ0n) is 9.48. The molecule has 1 atom stereocenters. The molecule has 4 heteroatoms. The second-order valence-corrected chi connectivity index (χ2v) is 4.62. The standard InChI is InChI=1S/C12H18O3S/c1-2-3-9-15-12-6-4-11(5-7-12)8-10-16(13)14/h4-7H,2-3,8-10H2,1H3,(H,13,14)/p-1. The highest BCUT2D eigenvalue weighted by Gasteiger charge is 1.96. The van der Waals surface area contributed by atoms with Crippen molar-refractivity contribution in [3.63, 3.8) is 0 Å². The molecule has 0 spiro atoms. The number of ether oxygens (including phenoxy) is 1. The van der Waals surface area contributed by atoms with Crippen LogP contribution in [0.1, 0.15) is 25.3 Å². The third kappa shape index (κ3) is 5.28. The normalized spacial score (nSPS) is 12.4. The Morgan fingerprint density at radius 3 is 2.56 bits per heavy atom. The molecule has 0 aliphatic rings. The van der Waals surface area contributed by atoms with Crippen molar-refractivity contribution >= 4 is 11.1 Å². The van der Waals surface area contributed by atoms with E-state index in [1.165, 1.54) is 0 Å². The average Bonchev–Trinajstić information content (AvgIpc) is 2.28. The number of hydrogen-bond donors (Lipinski definition) is 0. The average molecular weight is 241 g/mol. The second-order valence-electron chi connectivity index (χ2n) is 3.60. The number of aryl methyl sites for hydroxylation is 1. The molecule has 0 amide bonds. The van der Waals surface area contributed by atoms with Crippen molar-refractivity contribution in [2.24, 2.45) is 0 Å². The Labute approximate surface area is 99.1 Å². The Bertz CT molecular complexity index is 322. The van der Waals surface area contributed by atoms with Crippen LogP contribution in [0.25, 0.3) is 0 Å². The van der Waals surface area contributed by atoms with Gasteiger partial charge in [0.15, 0.2) is 0 Å². The van der Waals surface area contributed by atoms with Crippen LogP contribution in [0.3, 0.4) is 0 Å². The minimum atomic E-state index is -1.96. The number of benzene rings is 1. The summed E-state index contributed by atoms with van der Waals surface area (Å²) in [5.41, 5.74) is 1.02. The van der Waals surface area contributed by atoms with Gasteiger partial charge in [0.25, 0.3) is 0 Å². The molecule has 0 bridgehead atoms. The molecular formula is C12H17O3S-. The van der Waals surface area contributed by atoms with Gasteiger partial charge in [-0.2, -0.15) is 0 Å². The van der Waals surface area contributed by atoms with Crippen molar-refractivity contribution in [2.75, 3.05) is 12.4 Å². The van der Waals surface area contributed by atoms with Crippen molar-refractivity contribution in [2.45, 2.75) is 26.2 Å². The van der Waals surface area contributed by atoms with E-state index in [0.717, 1.165) is 30.8 Å². The molecule has 3 nitrogen and oxygen atoms in total. The van der Waals surface area contributed by atoms with E-state index in [1.54, 1.807) is 0 Å². The van der Waals surface area contributed by atoms with Gasteiger partial charge in [-0.1, -0.05) is 36.6 Å². The van der Waals surface area contributed by atoms with E-state index < -0.39 is 11.1 Å². The fraction of sp³-hybridized carbons (Fsp3) is 0.500. The predicted molar refractivity (Wildman–Crippen MR) is 64.3 cm³/mol. The zero-order chi connectivity index (χ0) is 11.8. The fourth-order valence-corrected chi connectivity index (χ4v) is 1.69. The maximum Gasteiger partial charge on any atom is 0.119 e. The lowest BCUT2D eigenvalue weighted by Crippen LogP contribution is -2.00. The zero-order valence-corrected chi connectivity index (χ0v) is 10.3. The summed E-state index contributed by atoms with van der Waals surface area (Å²) in [6.45, 7) is 2.86. The molecule has 0 N–H and O–H groups in total. The van der Waals surface area contributed by atoms with Crippen LogP contribution in [0.5, 0.6) is 5.75 Å². The molecule has 0 aromatic heterocycles. The number of rotatable bonds is 7. The SMILES string of the molecule is CCCCOc1ccc(CCS(=O)[O-])cc1. The van der Waals surface area contributed by atoms with Crippen LogP contribution < -0.4 is 4.74 Å². The van der Waals surface area contributed by atoms with Crippen LogP contribution in [-0.4, -0.2) is 21.1 Å². The summed E-state index contributed by atoms with van der Waals surface area (Å²) in [4.78, 5) is 0. The number of unbranched alkanes of at least 4 members (excludes halogenated alkanes) is 1. The lowest BCUT2D eigenvalue weighted by atomic mass is 10.2. The van der Waals surface area contributed by atoms with Crippen LogP contribution in [0.15, 0.2) is 24.3 Å². The maximum absolute atomic E-state index is 10.4. The molecule has 16 heavy (non-hydrogen) atoms. The molecule has 0 heterocycles. The summed E-state index contributed by atoms with van der Waals surface area (Å²) in [5.74, 6) is 1.02. The highest BCUT2D eigenvalue weighted by molar-refractivity contribution is 7.79. The lowest BCUT2D eigenvalue weighted by molar-refractivity contribution is 0.309. The van der Waals surface area contributed by atoms with Crippen LogP contribution in [0, 0.1) is 0 Å². The summed E-state index contributed by atoms with van der Waals surface area (Å²) in [6, 6.07) is 7.60. The molecule has 1 rings (SSSR count). The van der Waals surface area contributed by atoms with Crippen molar-refractivity contribution < 1.29 is 13.5 Å². The molecule has 1 aromatic carbocycles. The van der Waals surface area contributed by atoms with Gasteiger partial charge < -0.3 is 9.29 Å². The molecular weight excluding hydrogens is 224 g/mol. The summed E-state index contributed by atoms with van der Waals surface area (Å²) >= 11 is -1.96. The van der Waals surface area contributed by atoms with Crippen LogP contribution in [0.4, 0.5) is 0 Å². The minimum Gasteiger partial charge on any atom is -0.772 e. The molecule has 0 aliphatic heterocycles. The van der Waals surface area contributed by atoms with Crippen molar-refractivity contribution in [1.82, 2.24) is 0 Å². The van der Waals surface area contributed by atoms with Crippen molar-refractivity contribution in [1.29, 1.82) is 0 Å². The largest absolute Gasteiger partial charge is 0.772 e. The highest BCUT2D eigenvalue weighted by atomic mass is 32.2. The van der Waals surface area contributed by atoms with Gasteiger partial charge in [0.1, 0.15) is 5.75 Å². The fourth-order valence-electron chi connectivity index (χ4n) is 1.29. The number of hydrogen-bond acceptors (Lipinski definition) is 3. The first-order chi connectivity index (χ1) is 7.72. The van der Waals surface area contributed by atoms with Crippen LogP contribution in [-0.2, 0) is 17.5 Å². The Morgan fingerprint density at radius 1 is 1.31 bits per heavy atom. The lowest BCUT2D eigenvalue weighted by Gasteiger charge is -2.07. The van der Waals surface area contributed by atoms with E-state index in [9.17, 15) is 8.76 Å². The van der Waals surface area contributed by atoms with Crippen molar-refractivity contribution in [3.05, 3.63) is 29.8 Å². The smallest absolute Gasteiger partial charge is 0.119 e. The quantitative estimate of drug-likeness (QED) is 0.543. The first kappa shape index (κ1) is 13.2. The summed E-state index contributed by atoms with van der Waals surface area (Å²) in [5, 5.41) is 0. The predicted octanol–water partition coefficient (Wildman–Crippen LogP) is 2.29. The summed E-state index contributed by atoms with van der Waals surface area (Å²) in [6.07, 6.45) is 2.73. The van der Waals surface area contributed by atoms with E-state index >= 15 is 0 Å². The monoisotopic (exact) mass is 241 g/mol. The van der Waals surface area contributed by atoms with E-state index in [-0.39, 0.29) is 5.75 Å². The molecule has 0 saturated heterocycles. The molecule has 0 radical (unpaired) electrons. The van der Waals surface area contributed by atoms with Gasteiger partial charge in [-0.15, -0.1) is 0 Å². The van der Waals surface area contributed by atoms with Gasteiger partial charge in [0, 0.05) is 5.75 Å². The maximum atomic E-state index is 10.4. The van der Waals surface area contributed by atoms with Crippen LogP contribution >= 0.6 is 0 Å². The Balaban J connectivity index is 2.38. The van der Waals surface area contributed by atoms with Gasteiger partial charge in [-0.3, -0.25) is 4.21 Å². The van der Waals surface area contributed by atoms with Crippen molar-refractivity contribution in [3.8, 4) is 5.75 Å². The first-order valence-electron chi connectivity index (χ1n) is 5.50. The highest BCUT2D eigenvalue weighted by Crippen LogP contribution is 2.13.